The molecule has 0 fully saturated rings. The number of alkyl halides is 1. The van der Waals surface area contributed by atoms with Gasteiger partial charge in [0.1, 0.15) is 6.10 Å². The molecule has 0 saturated carbocycles. The Labute approximate surface area is 145 Å². The van der Waals surface area contributed by atoms with Crippen LogP contribution in [0.15, 0.2) is 54.6 Å². The number of rotatable bonds is 9. The van der Waals surface area contributed by atoms with Crippen LogP contribution < -0.4 is 0 Å². The molecule has 2 aromatic rings. The van der Waals surface area contributed by atoms with E-state index in [1.54, 1.807) is 0 Å². The number of halogens is 1. The Hall–Kier alpha value is -1.35. The van der Waals surface area contributed by atoms with Crippen LogP contribution in [0.1, 0.15) is 29.7 Å². The Bertz CT molecular complexity index is 573. The first-order valence-corrected chi connectivity index (χ1v) is 8.80. The zero-order valence-electron chi connectivity index (χ0n) is 14.0. The molecule has 1 unspecified atom stereocenters. The first-order chi connectivity index (χ1) is 11.3. The normalized spacial score (nSPS) is 12.5. The molecular weight excluding hydrogens is 306 g/mol. The molecule has 0 aliphatic heterocycles. The van der Waals surface area contributed by atoms with Gasteiger partial charge in [-0.15, -0.1) is 11.6 Å². The fourth-order valence-electron chi connectivity index (χ4n) is 2.72. The molecule has 0 N–H and O–H groups in total. The SMILES string of the molecule is CCN(CCCl)CCOC(c1ccccc1)c1ccccc1C. The average Bonchev–Trinajstić information content (AvgIpc) is 2.59. The molecule has 0 saturated heterocycles. The van der Waals surface area contributed by atoms with Crippen molar-refractivity contribution in [2.45, 2.75) is 20.0 Å². The lowest BCUT2D eigenvalue weighted by Gasteiger charge is -2.24. The van der Waals surface area contributed by atoms with Crippen molar-refractivity contribution < 1.29 is 4.74 Å². The molecule has 2 rings (SSSR count). The highest BCUT2D eigenvalue weighted by Gasteiger charge is 2.16. The Morgan fingerprint density at radius 3 is 2.35 bits per heavy atom. The van der Waals surface area contributed by atoms with Crippen molar-refractivity contribution in [3.05, 3.63) is 71.3 Å². The predicted molar refractivity (Wildman–Crippen MR) is 98.3 cm³/mol. The summed E-state index contributed by atoms with van der Waals surface area (Å²) in [6, 6.07) is 18.9. The summed E-state index contributed by atoms with van der Waals surface area (Å²) in [4.78, 5) is 2.31. The number of aryl methyl sites for hydroxylation is 1. The number of ether oxygens (including phenoxy) is 1. The molecule has 0 aliphatic carbocycles. The van der Waals surface area contributed by atoms with Crippen LogP contribution in [0.3, 0.4) is 0 Å². The second-order valence-electron chi connectivity index (χ2n) is 5.64. The number of hydrogen-bond donors (Lipinski definition) is 0. The van der Waals surface area contributed by atoms with Crippen LogP contribution in [-0.2, 0) is 4.74 Å². The van der Waals surface area contributed by atoms with E-state index in [1.807, 2.05) is 6.07 Å². The molecule has 3 heteroatoms. The molecule has 0 amide bonds. The van der Waals surface area contributed by atoms with E-state index >= 15 is 0 Å². The molecule has 0 radical (unpaired) electrons. The molecule has 0 aliphatic rings. The summed E-state index contributed by atoms with van der Waals surface area (Å²) in [6.45, 7) is 7.79. The minimum Gasteiger partial charge on any atom is -0.367 e. The highest BCUT2D eigenvalue weighted by Crippen LogP contribution is 2.28. The van der Waals surface area contributed by atoms with Gasteiger partial charge in [-0.3, -0.25) is 0 Å². The van der Waals surface area contributed by atoms with Gasteiger partial charge in [0.15, 0.2) is 0 Å². The van der Waals surface area contributed by atoms with Crippen LogP contribution in [0, 0.1) is 6.92 Å². The molecule has 1 atom stereocenters. The first-order valence-electron chi connectivity index (χ1n) is 8.26. The molecule has 0 spiro atoms. The summed E-state index contributed by atoms with van der Waals surface area (Å²) in [5.41, 5.74) is 3.69. The predicted octanol–water partition coefficient (Wildman–Crippen LogP) is 4.66. The summed E-state index contributed by atoms with van der Waals surface area (Å²) in [7, 11) is 0. The van der Waals surface area contributed by atoms with Crippen molar-refractivity contribution in [2.75, 3.05) is 32.1 Å². The molecule has 124 valence electrons. The van der Waals surface area contributed by atoms with E-state index in [1.165, 1.54) is 16.7 Å². The summed E-state index contributed by atoms with van der Waals surface area (Å²) in [6.07, 6.45) is -0.0212. The standard InChI is InChI=1S/C20H26ClNO/c1-3-22(14-13-21)15-16-23-20(18-10-5-4-6-11-18)19-12-8-7-9-17(19)2/h4-12,20H,3,13-16H2,1-2H3. The van der Waals surface area contributed by atoms with Gasteiger partial charge in [-0.2, -0.15) is 0 Å². The van der Waals surface area contributed by atoms with E-state index in [2.05, 4.69) is 67.3 Å². The molecule has 0 bridgehead atoms. The maximum atomic E-state index is 6.29. The highest BCUT2D eigenvalue weighted by molar-refractivity contribution is 6.18. The van der Waals surface area contributed by atoms with Crippen molar-refractivity contribution in [2.24, 2.45) is 0 Å². The zero-order chi connectivity index (χ0) is 16.5. The zero-order valence-corrected chi connectivity index (χ0v) is 14.8. The molecule has 0 aromatic heterocycles. The van der Waals surface area contributed by atoms with Gasteiger partial charge >= 0.3 is 0 Å². The van der Waals surface area contributed by atoms with Gasteiger partial charge in [0.25, 0.3) is 0 Å². The minimum atomic E-state index is -0.0212. The summed E-state index contributed by atoms with van der Waals surface area (Å²) < 4.78 is 6.29. The number of hydrogen-bond acceptors (Lipinski definition) is 2. The summed E-state index contributed by atoms with van der Waals surface area (Å²) >= 11 is 5.85. The van der Waals surface area contributed by atoms with Gasteiger partial charge in [-0.25, -0.2) is 0 Å². The number of benzene rings is 2. The lowest BCUT2D eigenvalue weighted by molar-refractivity contribution is 0.0617. The van der Waals surface area contributed by atoms with Gasteiger partial charge in [0.05, 0.1) is 6.61 Å². The fraction of sp³-hybridized carbons (Fsp3) is 0.400. The average molecular weight is 332 g/mol. The quantitative estimate of drug-likeness (QED) is 0.619. The van der Waals surface area contributed by atoms with Gasteiger partial charge < -0.3 is 9.64 Å². The third-order valence-corrected chi connectivity index (χ3v) is 4.28. The lowest BCUT2D eigenvalue weighted by atomic mass is 9.97. The monoisotopic (exact) mass is 331 g/mol. The van der Waals surface area contributed by atoms with E-state index in [9.17, 15) is 0 Å². The van der Waals surface area contributed by atoms with Crippen LogP contribution in [-0.4, -0.2) is 37.0 Å². The topological polar surface area (TPSA) is 12.5 Å². The lowest BCUT2D eigenvalue weighted by Crippen LogP contribution is -2.29. The Morgan fingerprint density at radius 2 is 1.70 bits per heavy atom. The van der Waals surface area contributed by atoms with Crippen molar-refractivity contribution in [1.82, 2.24) is 4.90 Å². The van der Waals surface area contributed by atoms with Crippen molar-refractivity contribution in [1.29, 1.82) is 0 Å². The third-order valence-electron chi connectivity index (χ3n) is 4.11. The Morgan fingerprint density at radius 1 is 1.00 bits per heavy atom. The summed E-state index contributed by atoms with van der Waals surface area (Å²) in [5.74, 6) is 0.660. The second kappa shape index (κ2) is 9.71. The van der Waals surface area contributed by atoms with Crippen molar-refractivity contribution in [3.8, 4) is 0 Å². The van der Waals surface area contributed by atoms with E-state index < -0.39 is 0 Å². The van der Waals surface area contributed by atoms with Crippen LogP contribution >= 0.6 is 11.6 Å². The van der Waals surface area contributed by atoms with Crippen LogP contribution in [0.2, 0.25) is 0 Å². The van der Waals surface area contributed by atoms with Gasteiger partial charge in [0, 0.05) is 19.0 Å². The van der Waals surface area contributed by atoms with E-state index in [-0.39, 0.29) is 6.10 Å². The summed E-state index contributed by atoms with van der Waals surface area (Å²) in [5, 5.41) is 0. The largest absolute Gasteiger partial charge is 0.367 e. The number of likely N-dealkylation sites (N-methyl/N-ethyl adjacent to an activating group) is 1. The van der Waals surface area contributed by atoms with Crippen LogP contribution in [0.4, 0.5) is 0 Å². The van der Waals surface area contributed by atoms with Crippen LogP contribution in [0.5, 0.6) is 0 Å². The number of nitrogens with zero attached hydrogens (tertiary/aromatic N) is 1. The Kier molecular flexibility index (Phi) is 7.60. The maximum absolute atomic E-state index is 6.29. The molecule has 2 nitrogen and oxygen atoms in total. The highest BCUT2D eigenvalue weighted by atomic mass is 35.5. The first kappa shape index (κ1) is 18.0. The van der Waals surface area contributed by atoms with Gasteiger partial charge in [-0.05, 0) is 30.2 Å². The molecule has 23 heavy (non-hydrogen) atoms. The van der Waals surface area contributed by atoms with E-state index in [0.29, 0.717) is 12.5 Å². The van der Waals surface area contributed by atoms with E-state index in [4.69, 9.17) is 16.3 Å². The van der Waals surface area contributed by atoms with Crippen LogP contribution in [0.25, 0.3) is 0 Å². The Balaban J connectivity index is 2.11. The molecule has 2 aromatic carbocycles. The van der Waals surface area contributed by atoms with Crippen molar-refractivity contribution in [3.63, 3.8) is 0 Å². The smallest absolute Gasteiger partial charge is 0.108 e. The molecular formula is C20H26ClNO. The van der Waals surface area contributed by atoms with Gasteiger partial charge in [0.2, 0.25) is 0 Å². The van der Waals surface area contributed by atoms with E-state index in [0.717, 1.165) is 19.6 Å². The van der Waals surface area contributed by atoms with Crippen molar-refractivity contribution >= 4 is 11.6 Å². The minimum absolute atomic E-state index is 0.0212. The maximum Gasteiger partial charge on any atom is 0.108 e. The van der Waals surface area contributed by atoms with Gasteiger partial charge in [-0.1, -0.05) is 61.5 Å². The molecule has 0 heterocycles. The fourth-order valence-corrected chi connectivity index (χ4v) is 2.96. The second-order valence-corrected chi connectivity index (χ2v) is 6.02. The third kappa shape index (κ3) is 5.35.